The highest BCUT2D eigenvalue weighted by Gasteiger charge is 2.31. The van der Waals surface area contributed by atoms with Gasteiger partial charge in [-0.1, -0.05) is 18.7 Å². The third kappa shape index (κ3) is 4.23. The van der Waals surface area contributed by atoms with E-state index in [2.05, 4.69) is 40.1 Å². The van der Waals surface area contributed by atoms with Gasteiger partial charge in [0.05, 0.1) is 5.60 Å². The fourth-order valence-electron chi connectivity index (χ4n) is 2.58. The molecule has 1 unspecified atom stereocenters. The van der Waals surface area contributed by atoms with E-state index in [0.29, 0.717) is 0 Å². The summed E-state index contributed by atoms with van der Waals surface area (Å²) in [5.74, 6) is 1.91. The van der Waals surface area contributed by atoms with Crippen LogP contribution in [0.4, 0.5) is 11.6 Å². The van der Waals surface area contributed by atoms with Crippen molar-refractivity contribution < 1.29 is 4.74 Å². The van der Waals surface area contributed by atoms with Gasteiger partial charge in [-0.3, -0.25) is 0 Å². The largest absolute Gasteiger partial charge is 0.377 e. The predicted molar refractivity (Wildman–Crippen MR) is 89.5 cm³/mol. The van der Waals surface area contributed by atoms with Crippen molar-refractivity contribution in [3.05, 3.63) is 6.07 Å². The Labute approximate surface area is 131 Å². The molecule has 0 aromatic carbocycles. The van der Waals surface area contributed by atoms with Gasteiger partial charge in [0.2, 0.25) is 0 Å². The van der Waals surface area contributed by atoms with Crippen molar-refractivity contribution in [2.24, 2.45) is 0 Å². The minimum Gasteiger partial charge on any atom is -0.377 e. The van der Waals surface area contributed by atoms with Crippen molar-refractivity contribution in [2.45, 2.75) is 43.9 Å². The van der Waals surface area contributed by atoms with Crippen LogP contribution in [0.2, 0.25) is 0 Å². The SMILES string of the molecule is CCCNc1cc(N2CCCC(C)(OC)C2)nc(SC)n1. The number of aromatic nitrogens is 2. The van der Waals surface area contributed by atoms with Gasteiger partial charge in [0.15, 0.2) is 5.16 Å². The van der Waals surface area contributed by atoms with Crippen LogP contribution < -0.4 is 10.2 Å². The second-order valence-corrected chi connectivity index (χ2v) is 6.48. The summed E-state index contributed by atoms with van der Waals surface area (Å²) in [7, 11) is 1.80. The molecule has 118 valence electrons. The maximum Gasteiger partial charge on any atom is 0.191 e. The lowest BCUT2D eigenvalue weighted by molar-refractivity contribution is -0.00483. The van der Waals surface area contributed by atoms with E-state index in [4.69, 9.17) is 4.74 Å². The summed E-state index contributed by atoms with van der Waals surface area (Å²) in [5.41, 5.74) is -0.0836. The van der Waals surface area contributed by atoms with Gasteiger partial charge < -0.3 is 15.0 Å². The standard InChI is InChI=1S/C15H26N4OS/c1-5-8-16-12-10-13(18-14(17-12)21-4)19-9-6-7-15(2,11-19)20-3/h10H,5-9,11H2,1-4H3,(H,16,17,18). The van der Waals surface area contributed by atoms with Crippen molar-refractivity contribution >= 4 is 23.4 Å². The van der Waals surface area contributed by atoms with E-state index in [1.165, 1.54) is 0 Å². The molecule has 21 heavy (non-hydrogen) atoms. The molecule has 2 rings (SSSR count). The number of hydrogen-bond donors (Lipinski definition) is 1. The van der Waals surface area contributed by atoms with Gasteiger partial charge in [0.25, 0.3) is 0 Å². The number of nitrogens with one attached hydrogen (secondary N) is 1. The molecule has 5 nitrogen and oxygen atoms in total. The lowest BCUT2D eigenvalue weighted by Crippen LogP contribution is -2.47. The lowest BCUT2D eigenvalue weighted by atomic mass is 9.95. The Kier molecular flexibility index (Phi) is 5.70. The average Bonchev–Trinajstić information content (AvgIpc) is 2.52. The third-order valence-electron chi connectivity index (χ3n) is 3.91. The number of nitrogens with zero attached hydrogens (tertiary/aromatic N) is 3. The molecule has 1 N–H and O–H groups in total. The van der Waals surface area contributed by atoms with E-state index in [-0.39, 0.29) is 5.60 Å². The molecule has 0 radical (unpaired) electrons. The Balaban J connectivity index is 2.21. The van der Waals surface area contributed by atoms with Crippen LogP contribution in [-0.4, -0.2) is 48.6 Å². The second kappa shape index (κ2) is 7.31. The van der Waals surface area contributed by atoms with Gasteiger partial charge in [-0.2, -0.15) is 0 Å². The Morgan fingerprint density at radius 3 is 2.95 bits per heavy atom. The number of methoxy groups -OCH3 is 1. The molecule has 0 amide bonds. The zero-order valence-electron chi connectivity index (χ0n) is 13.5. The maximum absolute atomic E-state index is 5.68. The van der Waals surface area contributed by atoms with E-state index in [9.17, 15) is 0 Å². The zero-order valence-corrected chi connectivity index (χ0v) is 14.3. The summed E-state index contributed by atoms with van der Waals surface area (Å²) in [6.45, 7) is 7.16. The first-order chi connectivity index (χ1) is 10.1. The molecular weight excluding hydrogens is 284 g/mol. The molecule has 6 heteroatoms. The molecule has 0 aliphatic carbocycles. The number of rotatable bonds is 6. The summed E-state index contributed by atoms with van der Waals surface area (Å²) >= 11 is 1.58. The molecule has 2 heterocycles. The zero-order chi connectivity index (χ0) is 15.3. The highest BCUT2D eigenvalue weighted by molar-refractivity contribution is 7.98. The minimum absolute atomic E-state index is 0.0836. The molecular formula is C15H26N4OS. The molecule has 1 saturated heterocycles. The van der Waals surface area contributed by atoms with Crippen molar-refractivity contribution in [1.82, 2.24) is 9.97 Å². The highest BCUT2D eigenvalue weighted by atomic mass is 32.2. The second-order valence-electron chi connectivity index (χ2n) is 5.70. The van der Waals surface area contributed by atoms with Crippen LogP contribution in [-0.2, 0) is 4.74 Å². The first-order valence-corrected chi connectivity index (χ1v) is 8.80. The Bertz CT molecular complexity index is 471. The number of thioether (sulfide) groups is 1. The molecule has 1 aliphatic heterocycles. The first kappa shape index (κ1) is 16.4. The van der Waals surface area contributed by atoms with Crippen LogP contribution in [0.1, 0.15) is 33.1 Å². The molecule has 0 bridgehead atoms. The summed E-state index contributed by atoms with van der Waals surface area (Å²) in [6.07, 6.45) is 5.32. The van der Waals surface area contributed by atoms with E-state index < -0.39 is 0 Å². The Morgan fingerprint density at radius 2 is 2.29 bits per heavy atom. The van der Waals surface area contributed by atoms with E-state index in [0.717, 1.165) is 55.7 Å². The normalized spacial score (nSPS) is 22.4. The van der Waals surface area contributed by atoms with Crippen molar-refractivity contribution in [1.29, 1.82) is 0 Å². The Hall–Kier alpha value is -1.01. The van der Waals surface area contributed by atoms with Crippen molar-refractivity contribution in [3.63, 3.8) is 0 Å². The van der Waals surface area contributed by atoms with Gasteiger partial charge >= 0.3 is 0 Å². The van der Waals surface area contributed by atoms with Crippen LogP contribution in [0.5, 0.6) is 0 Å². The van der Waals surface area contributed by atoms with Gasteiger partial charge in [0.1, 0.15) is 11.6 Å². The van der Waals surface area contributed by atoms with Crippen molar-refractivity contribution in [3.8, 4) is 0 Å². The van der Waals surface area contributed by atoms with Crippen LogP contribution in [0.3, 0.4) is 0 Å². The third-order valence-corrected chi connectivity index (χ3v) is 4.45. The Morgan fingerprint density at radius 1 is 1.48 bits per heavy atom. The lowest BCUT2D eigenvalue weighted by Gasteiger charge is -2.40. The maximum atomic E-state index is 5.68. The highest BCUT2D eigenvalue weighted by Crippen LogP contribution is 2.29. The summed E-state index contributed by atoms with van der Waals surface area (Å²) in [4.78, 5) is 11.5. The molecule has 1 atom stereocenters. The molecule has 1 fully saturated rings. The number of ether oxygens (including phenoxy) is 1. The predicted octanol–water partition coefficient (Wildman–Crippen LogP) is 3.03. The summed E-state index contributed by atoms with van der Waals surface area (Å²) in [6, 6.07) is 2.05. The summed E-state index contributed by atoms with van der Waals surface area (Å²) in [5, 5.41) is 4.18. The van der Waals surface area contributed by atoms with E-state index in [1.54, 1.807) is 18.9 Å². The molecule has 0 spiro atoms. The van der Waals surface area contributed by atoms with E-state index in [1.807, 2.05) is 6.26 Å². The van der Waals surface area contributed by atoms with Gasteiger partial charge in [-0.15, -0.1) is 0 Å². The molecule has 0 saturated carbocycles. The van der Waals surface area contributed by atoms with Gasteiger partial charge in [-0.25, -0.2) is 9.97 Å². The van der Waals surface area contributed by atoms with Crippen LogP contribution in [0.15, 0.2) is 11.2 Å². The van der Waals surface area contributed by atoms with Crippen molar-refractivity contribution in [2.75, 3.05) is 43.2 Å². The van der Waals surface area contributed by atoms with Crippen LogP contribution in [0, 0.1) is 0 Å². The first-order valence-electron chi connectivity index (χ1n) is 7.57. The molecule has 1 aliphatic rings. The van der Waals surface area contributed by atoms with Crippen LogP contribution in [0.25, 0.3) is 0 Å². The van der Waals surface area contributed by atoms with Gasteiger partial charge in [-0.05, 0) is 32.4 Å². The fraction of sp³-hybridized carbons (Fsp3) is 0.733. The monoisotopic (exact) mass is 310 g/mol. The number of anilines is 2. The molecule has 1 aromatic rings. The average molecular weight is 310 g/mol. The minimum atomic E-state index is -0.0836. The molecule has 1 aromatic heterocycles. The fourth-order valence-corrected chi connectivity index (χ4v) is 2.95. The van der Waals surface area contributed by atoms with E-state index >= 15 is 0 Å². The smallest absolute Gasteiger partial charge is 0.191 e. The number of piperidine rings is 1. The number of hydrogen-bond acceptors (Lipinski definition) is 6. The van der Waals surface area contributed by atoms with Crippen LogP contribution >= 0.6 is 11.8 Å². The summed E-state index contributed by atoms with van der Waals surface area (Å²) < 4.78 is 5.68. The van der Waals surface area contributed by atoms with Gasteiger partial charge in [0, 0.05) is 32.8 Å². The topological polar surface area (TPSA) is 50.3 Å². The quantitative estimate of drug-likeness (QED) is 0.644.